The molecule has 1 unspecified atom stereocenters. The average Bonchev–Trinajstić information content (AvgIpc) is 2.92. The monoisotopic (exact) mass is 363 g/mol. The third-order valence-corrected chi connectivity index (χ3v) is 4.77. The molecule has 26 heavy (non-hydrogen) atoms. The van der Waals surface area contributed by atoms with Gasteiger partial charge in [0.05, 0.1) is 17.9 Å². The first-order chi connectivity index (χ1) is 12.2. The highest BCUT2D eigenvalue weighted by Crippen LogP contribution is 2.27. The fraction of sp³-hybridized carbons (Fsp3) is 0.722. The lowest BCUT2D eigenvalue weighted by molar-refractivity contribution is -0.121. The number of piperidine rings is 1. The van der Waals surface area contributed by atoms with Crippen molar-refractivity contribution in [1.82, 2.24) is 20.4 Å². The standard InChI is InChI=1S/C18H29N5O3/c1-18(2,3)26-13-10-12(11-13)20-17(25)21-14-6-5-9-23(16(14)24)15-7-8-19-22(15)4/h7-8,12-14H,5-6,9-11H2,1-4H3,(H2,20,21,25). The van der Waals surface area contributed by atoms with E-state index in [1.54, 1.807) is 22.8 Å². The largest absolute Gasteiger partial charge is 0.372 e. The number of nitrogens with zero attached hydrogens (tertiary/aromatic N) is 3. The average molecular weight is 363 g/mol. The van der Waals surface area contributed by atoms with E-state index in [0.717, 1.165) is 25.1 Å². The second kappa shape index (κ2) is 7.26. The smallest absolute Gasteiger partial charge is 0.315 e. The number of nitrogens with one attached hydrogen (secondary N) is 2. The van der Waals surface area contributed by atoms with Crippen molar-refractivity contribution in [2.45, 2.75) is 70.2 Å². The van der Waals surface area contributed by atoms with Gasteiger partial charge in [0, 0.05) is 25.7 Å². The molecule has 3 amide bonds. The van der Waals surface area contributed by atoms with E-state index in [1.807, 2.05) is 26.8 Å². The van der Waals surface area contributed by atoms with Crippen molar-refractivity contribution in [3.8, 4) is 0 Å². The summed E-state index contributed by atoms with van der Waals surface area (Å²) in [6, 6.07) is 1.13. The minimum absolute atomic E-state index is 0.0856. The number of hydrogen-bond donors (Lipinski definition) is 2. The zero-order valence-electron chi connectivity index (χ0n) is 16.0. The van der Waals surface area contributed by atoms with Crippen LogP contribution in [0.5, 0.6) is 0 Å². The maximum atomic E-state index is 12.7. The molecule has 144 valence electrons. The van der Waals surface area contributed by atoms with Crippen LogP contribution in [0.3, 0.4) is 0 Å². The number of anilines is 1. The number of hydrogen-bond acceptors (Lipinski definition) is 4. The third-order valence-electron chi connectivity index (χ3n) is 4.77. The van der Waals surface area contributed by atoms with Gasteiger partial charge in [0.25, 0.3) is 5.91 Å². The summed E-state index contributed by atoms with van der Waals surface area (Å²) in [7, 11) is 1.80. The van der Waals surface area contributed by atoms with Gasteiger partial charge in [-0.25, -0.2) is 4.79 Å². The highest BCUT2D eigenvalue weighted by molar-refractivity contribution is 5.99. The van der Waals surface area contributed by atoms with Crippen LogP contribution in [0.4, 0.5) is 10.6 Å². The zero-order valence-corrected chi connectivity index (χ0v) is 16.0. The Kier molecular flexibility index (Phi) is 5.22. The Morgan fingerprint density at radius 3 is 2.65 bits per heavy atom. The molecule has 1 aromatic rings. The van der Waals surface area contributed by atoms with Gasteiger partial charge in [-0.15, -0.1) is 0 Å². The Morgan fingerprint density at radius 2 is 2.04 bits per heavy atom. The summed E-state index contributed by atoms with van der Waals surface area (Å²) in [6.07, 6.45) is 4.97. The Hall–Kier alpha value is -2.09. The fourth-order valence-electron chi connectivity index (χ4n) is 3.53. The molecule has 1 saturated carbocycles. The number of carbonyl (C=O) groups excluding carboxylic acids is 2. The van der Waals surface area contributed by atoms with Crippen molar-refractivity contribution in [3.05, 3.63) is 12.3 Å². The van der Waals surface area contributed by atoms with Gasteiger partial charge < -0.3 is 15.4 Å². The van der Waals surface area contributed by atoms with Crippen LogP contribution in [0.15, 0.2) is 12.3 Å². The number of ether oxygens (including phenoxy) is 1. The molecule has 1 atom stereocenters. The van der Waals surface area contributed by atoms with E-state index < -0.39 is 6.04 Å². The maximum absolute atomic E-state index is 12.7. The molecular weight excluding hydrogens is 334 g/mol. The summed E-state index contributed by atoms with van der Waals surface area (Å²) in [4.78, 5) is 26.7. The Balaban J connectivity index is 1.47. The molecule has 2 heterocycles. The van der Waals surface area contributed by atoms with Crippen molar-refractivity contribution in [1.29, 1.82) is 0 Å². The molecule has 0 aromatic carbocycles. The van der Waals surface area contributed by atoms with E-state index in [1.165, 1.54) is 0 Å². The maximum Gasteiger partial charge on any atom is 0.315 e. The van der Waals surface area contributed by atoms with Gasteiger partial charge in [0.2, 0.25) is 0 Å². The summed E-state index contributed by atoms with van der Waals surface area (Å²) in [5.74, 6) is 0.667. The van der Waals surface area contributed by atoms with Gasteiger partial charge >= 0.3 is 6.03 Å². The second-order valence-electron chi connectivity index (χ2n) is 8.14. The number of carbonyl (C=O) groups is 2. The Morgan fingerprint density at radius 1 is 1.31 bits per heavy atom. The van der Waals surface area contributed by atoms with Gasteiger partial charge in [-0.1, -0.05) is 0 Å². The quantitative estimate of drug-likeness (QED) is 0.850. The fourth-order valence-corrected chi connectivity index (χ4v) is 3.53. The van der Waals surface area contributed by atoms with Crippen molar-refractivity contribution in [2.24, 2.45) is 7.05 Å². The first-order valence-corrected chi connectivity index (χ1v) is 9.27. The number of aromatic nitrogens is 2. The van der Waals surface area contributed by atoms with Crippen molar-refractivity contribution < 1.29 is 14.3 Å². The molecule has 2 N–H and O–H groups in total. The van der Waals surface area contributed by atoms with E-state index in [-0.39, 0.29) is 29.7 Å². The van der Waals surface area contributed by atoms with Gasteiger partial charge in [0.15, 0.2) is 0 Å². The molecular formula is C18H29N5O3. The van der Waals surface area contributed by atoms with Crippen LogP contribution in [0, 0.1) is 0 Å². The molecule has 2 fully saturated rings. The predicted molar refractivity (Wildman–Crippen MR) is 97.9 cm³/mol. The molecule has 0 spiro atoms. The number of amides is 3. The first-order valence-electron chi connectivity index (χ1n) is 9.27. The summed E-state index contributed by atoms with van der Waals surface area (Å²) in [5, 5.41) is 9.89. The number of aryl methyl sites for hydroxylation is 1. The molecule has 1 aliphatic carbocycles. The van der Waals surface area contributed by atoms with Gasteiger partial charge in [-0.2, -0.15) is 5.10 Å². The third kappa shape index (κ3) is 4.35. The molecule has 2 aliphatic rings. The van der Waals surface area contributed by atoms with Gasteiger partial charge in [0.1, 0.15) is 11.9 Å². The summed E-state index contributed by atoms with van der Waals surface area (Å²) in [5.41, 5.74) is -0.165. The summed E-state index contributed by atoms with van der Waals surface area (Å²) >= 11 is 0. The highest BCUT2D eigenvalue weighted by atomic mass is 16.5. The van der Waals surface area contributed by atoms with Crippen molar-refractivity contribution in [2.75, 3.05) is 11.4 Å². The Labute approximate surface area is 154 Å². The normalized spacial score (nSPS) is 26.4. The van der Waals surface area contributed by atoms with E-state index in [4.69, 9.17) is 4.74 Å². The molecule has 8 nitrogen and oxygen atoms in total. The lowest BCUT2D eigenvalue weighted by atomic mass is 9.88. The first kappa shape index (κ1) is 18.7. The molecule has 1 aliphatic heterocycles. The van der Waals surface area contributed by atoms with Crippen LogP contribution >= 0.6 is 0 Å². The van der Waals surface area contributed by atoms with Crippen molar-refractivity contribution in [3.63, 3.8) is 0 Å². The van der Waals surface area contributed by atoms with Crippen LogP contribution in [0.1, 0.15) is 46.5 Å². The second-order valence-corrected chi connectivity index (χ2v) is 8.14. The van der Waals surface area contributed by atoms with Gasteiger partial charge in [-0.3, -0.25) is 14.4 Å². The predicted octanol–water partition coefficient (Wildman–Crippen LogP) is 1.56. The van der Waals surface area contributed by atoms with Crippen LogP contribution < -0.4 is 15.5 Å². The van der Waals surface area contributed by atoms with E-state index in [9.17, 15) is 9.59 Å². The minimum Gasteiger partial charge on any atom is -0.372 e. The topological polar surface area (TPSA) is 88.5 Å². The molecule has 8 heteroatoms. The molecule has 3 rings (SSSR count). The van der Waals surface area contributed by atoms with Crippen molar-refractivity contribution >= 4 is 17.8 Å². The number of rotatable bonds is 4. The lowest BCUT2D eigenvalue weighted by Gasteiger charge is -2.40. The summed E-state index contributed by atoms with van der Waals surface area (Å²) < 4.78 is 7.55. The summed E-state index contributed by atoms with van der Waals surface area (Å²) in [6.45, 7) is 6.74. The molecule has 1 saturated heterocycles. The van der Waals surface area contributed by atoms with Crippen LogP contribution in [-0.4, -0.2) is 52.1 Å². The van der Waals surface area contributed by atoms with E-state index >= 15 is 0 Å². The van der Waals surface area contributed by atoms with Crippen LogP contribution in [-0.2, 0) is 16.6 Å². The lowest BCUT2D eigenvalue weighted by Crippen LogP contribution is -2.58. The molecule has 1 aromatic heterocycles. The Bertz CT molecular complexity index is 660. The molecule has 0 radical (unpaired) electrons. The zero-order chi connectivity index (χ0) is 18.9. The van der Waals surface area contributed by atoms with E-state index in [0.29, 0.717) is 13.0 Å². The minimum atomic E-state index is -0.500. The van der Waals surface area contributed by atoms with Crippen LogP contribution in [0.2, 0.25) is 0 Å². The highest BCUT2D eigenvalue weighted by Gasteiger charge is 2.36. The van der Waals surface area contributed by atoms with Gasteiger partial charge in [-0.05, 0) is 46.5 Å². The van der Waals surface area contributed by atoms with E-state index in [2.05, 4.69) is 15.7 Å². The number of urea groups is 1. The molecule has 0 bridgehead atoms. The SMILES string of the molecule is Cn1nccc1N1CCCC(NC(=O)NC2CC(OC(C)(C)C)C2)C1=O. The van der Waals surface area contributed by atoms with Crippen LogP contribution in [0.25, 0.3) is 0 Å².